The lowest BCUT2D eigenvalue weighted by molar-refractivity contribution is -0.118. The molecular weight excluding hydrogens is 282 g/mol. The SMILES string of the molecule is COc1ccc(OCC(=O)Nc2ccc3[nH]ncc3c2)cc1. The first-order valence-electron chi connectivity index (χ1n) is 6.74. The number of fused-ring (bicyclic) bond motifs is 1. The van der Waals surface area contributed by atoms with E-state index in [0.29, 0.717) is 11.4 Å². The Bertz CT molecular complexity index is 781. The van der Waals surface area contributed by atoms with Crippen LogP contribution in [0.4, 0.5) is 5.69 Å². The summed E-state index contributed by atoms with van der Waals surface area (Å²) in [6, 6.07) is 12.6. The highest BCUT2D eigenvalue weighted by atomic mass is 16.5. The van der Waals surface area contributed by atoms with E-state index in [9.17, 15) is 4.79 Å². The molecule has 6 nitrogen and oxygen atoms in total. The minimum Gasteiger partial charge on any atom is -0.497 e. The highest BCUT2D eigenvalue weighted by Gasteiger charge is 2.05. The number of rotatable bonds is 5. The first-order chi connectivity index (χ1) is 10.7. The summed E-state index contributed by atoms with van der Waals surface area (Å²) in [4.78, 5) is 11.9. The quantitative estimate of drug-likeness (QED) is 0.759. The normalized spacial score (nSPS) is 10.4. The van der Waals surface area contributed by atoms with E-state index in [4.69, 9.17) is 9.47 Å². The summed E-state index contributed by atoms with van der Waals surface area (Å²) < 4.78 is 10.5. The highest BCUT2D eigenvalue weighted by molar-refractivity contribution is 5.94. The molecule has 0 spiro atoms. The number of methoxy groups -OCH3 is 1. The van der Waals surface area contributed by atoms with Crippen LogP contribution >= 0.6 is 0 Å². The number of H-pyrrole nitrogens is 1. The third-order valence-corrected chi connectivity index (χ3v) is 3.15. The van der Waals surface area contributed by atoms with Gasteiger partial charge in [0, 0.05) is 11.1 Å². The van der Waals surface area contributed by atoms with E-state index in [1.165, 1.54) is 0 Å². The van der Waals surface area contributed by atoms with Gasteiger partial charge in [0.1, 0.15) is 11.5 Å². The van der Waals surface area contributed by atoms with E-state index in [0.717, 1.165) is 16.7 Å². The van der Waals surface area contributed by atoms with E-state index in [1.54, 1.807) is 37.6 Å². The molecule has 6 heteroatoms. The van der Waals surface area contributed by atoms with Gasteiger partial charge in [-0.3, -0.25) is 9.89 Å². The number of nitrogens with zero attached hydrogens (tertiary/aromatic N) is 1. The molecule has 0 aliphatic carbocycles. The number of nitrogens with one attached hydrogen (secondary N) is 2. The van der Waals surface area contributed by atoms with Gasteiger partial charge in [0.05, 0.1) is 18.8 Å². The van der Waals surface area contributed by atoms with Crippen LogP contribution in [0.5, 0.6) is 11.5 Å². The lowest BCUT2D eigenvalue weighted by atomic mass is 10.2. The van der Waals surface area contributed by atoms with Crippen LogP contribution in [0.25, 0.3) is 10.9 Å². The number of carbonyl (C=O) groups excluding carboxylic acids is 1. The molecule has 0 saturated heterocycles. The Labute approximate surface area is 127 Å². The maximum Gasteiger partial charge on any atom is 0.262 e. The molecule has 3 aromatic rings. The van der Waals surface area contributed by atoms with Gasteiger partial charge in [0.25, 0.3) is 5.91 Å². The number of hydrogen-bond acceptors (Lipinski definition) is 4. The number of aromatic nitrogens is 2. The van der Waals surface area contributed by atoms with Crippen LogP contribution < -0.4 is 14.8 Å². The molecule has 2 N–H and O–H groups in total. The van der Waals surface area contributed by atoms with E-state index in [1.807, 2.05) is 18.2 Å². The number of amides is 1. The molecule has 0 fully saturated rings. The molecule has 1 aromatic heterocycles. The van der Waals surface area contributed by atoms with E-state index in [2.05, 4.69) is 15.5 Å². The molecule has 2 aromatic carbocycles. The standard InChI is InChI=1S/C16H15N3O3/c1-21-13-3-5-14(6-4-13)22-10-16(20)18-12-2-7-15-11(8-12)9-17-19-15/h2-9H,10H2,1H3,(H,17,19)(H,18,20). The molecule has 112 valence electrons. The first-order valence-corrected chi connectivity index (χ1v) is 6.74. The molecule has 0 saturated carbocycles. The van der Waals surface area contributed by atoms with Gasteiger partial charge in [-0.05, 0) is 42.5 Å². The third kappa shape index (κ3) is 3.17. The van der Waals surface area contributed by atoms with Crippen molar-refractivity contribution in [2.45, 2.75) is 0 Å². The van der Waals surface area contributed by atoms with Gasteiger partial charge in [0.15, 0.2) is 6.61 Å². The summed E-state index contributed by atoms with van der Waals surface area (Å²) in [5.74, 6) is 1.13. The summed E-state index contributed by atoms with van der Waals surface area (Å²) >= 11 is 0. The fourth-order valence-electron chi connectivity index (χ4n) is 2.04. The summed E-state index contributed by atoms with van der Waals surface area (Å²) in [6.07, 6.45) is 1.71. The predicted molar refractivity (Wildman–Crippen MR) is 83.2 cm³/mol. The first kappa shape index (κ1) is 13.9. The zero-order valence-corrected chi connectivity index (χ0v) is 12.0. The summed E-state index contributed by atoms with van der Waals surface area (Å²) in [7, 11) is 1.60. The van der Waals surface area contributed by atoms with Crippen molar-refractivity contribution in [1.29, 1.82) is 0 Å². The summed E-state index contributed by atoms with van der Waals surface area (Å²) in [5, 5.41) is 10.5. The number of aromatic amines is 1. The molecule has 0 atom stereocenters. The number of anilines is 1. The Hall–Kier alpha value is -3.02. The second-order valence-corrected chi connectivity index (χ2v) is 4.68. The van der Waals surface area contributed by atoms with Crippen LogP contribution in [-0.4, -0.2) is 29.8 Å². The molecule has 0 unspecified atom stereocenters. The molecule has 0 radical (unpaired) electrons. The lowest BCUT2D eigenvalue weighted by Gasteiger charge is -2.08. The minimum absolute atomic E-state index is 0.0598. The van der Waals surface area contributed by atoms with Gasteiger partial charge in [-0.2, -0.15) is 5.10 Å². The largest absolute Gasteiger partial charge is 0.497 e. The fourth-order valence-corrected chi connectivity index (χ4v) is 2.04. The molecule has 0 aliphatic rings. The van der Waals surface area contributed by atoms with Crippen molar-refractivity contribution in [3.8, 4) is 11.5 Å². The Morgan fingerprint density at radius 3 is 2.73 bits per heavy atom. The zero-order valence-electron chi connectivity index (χ0n) is 12.0. The Kier molecular flexibility index (Phi) is 3.91. The summed E-state index contributed by atoms with van der Waals surface area (Å²) in [5.41, 5.74) is 1.63. The molecule has 0 aliphatic heterocycles. The number of hydrogen-bond donors (Lipinski definition) is 2. The van der Waals surface area contributed by atoms with Gasteiger partial charge >= 0.3 is 0 Å². The average Bonchev–Trinajstić information content (AvgIpc) is 3.01. The van der Waals surface area contributed by atoms with Crippen LogP contribution in [0, 0.1) is 0 Å². The second-order valence-electron chi connectivity index (χ2n) is 4.68. The van der Waals surface area contributed by atoms with Gasteiger partial charge in [-0.1, -0.05) is 0 Å². The maximum atomic E-state index is 11.9. The second kappa shape index (κ2) is 6.17. The van der Waals surface area contributed by atoms with Crippen LogP contribution in [-0.2, 0) is 4.79 Å². The van der Waals surface area contributed by atoms with Crippen LogP contribution in [0.2, 0.25) is 0 Å². The van der Waals surface area contributed by atoms with E-state index < -0.39 is 0 Å². The van der Waals surface area contributed by atoms with E-state index >= 15 is 0 Å². The van der Waals surface area contributed by atoms with Gasteiger partial charge in [-0.15, -0.1) is 0 Å². The molecule has 1 amide bonds. The van der Waals surface area contributed by atoms with Crippen molar-refractivity contribution in [3.63, 3.8) is 0 Å². The van der Waals surface area contributed by atoms with E-state index in [-0.39, 0.29) is 12.5 Å². The zero-order chi connectivity index (χ0) is 15.4. The van der Waals surface area contributed by atoms with Gasteiger partial charge in [-0.25, -0.2) is 0 Å². The van der Waals surface area contributed by atoms with Gasteiger partial charge < -0.3 is 14.8 Å². The molecule has 1 heterocycles. The Balaban J connectivity index is 1.57. The highest BCUT2D eigenvalue weighted by Crippen LogP contribution is 2.18. The minimum atomic E-state index is -0.223. The smallest absolute Gasteiger partial charge is 0.262 e. The topological polar surface area (TPSA) is 76.2 Å². The molecule has 0 bridgehead atoms. The van der Waals surface area contributed by atoms with Gasteiger partial charge in [0.2, 0.25) is 0 Å². The van der Waals surface area contributed by atoms with Crippen LogP contribution in [0.3, 0.4) is 0 Å². The maximum absolute atomic E-state index is 11.9. The van der Waals surface area contributed by atoms with Crippen molar-refractivity contribution in [2.24, 2.45) is 0 Å². The molecule has 3 rings (SSSR count). The van der Waals surface area contributed by atoms with Crippen molar-refractivity contribution in [2.75, 3.05) is 19.0 Å². The monoisotopic (exact) mass is 297 g/mol. The van der Waals surface area contributed by atoms with Crippen molar-refractivity contribution < 1.29 is 14.3 Å². The average molecular weight is 297 g/mol. The predicted octanol–water partition coefficient (Wildman–Crippen LogP) is 2.59. The van der Waals surface area contributed by atoms with Crippen LogP contribution in [0.15, 0.2) is 48.7 Å². The van der Waals surface area contributed by atoms with Crippen LogP contribution in [0.1, 0.15) is 0 Å². The Morgan fingerprint density at radius 2 is 1.95 bits per heavy atom. The molecule has 22 heavy (non-hydrogen) atoms. The van der Waals surface area contributed by atoms with Crippen molar-refractivity contribution >= 4 is 22.5 Å². The van der Waals surface area contributed by atoms with Crippen molar-refractivity contribution in [1.82, 2.24) is 10.2 Å². The fraction of sp³-hybridized carbons (Fsp3) is 0.125. The number of ether oxygens (including phenoxy) is 2. The third-order valence-electron chi connectivity index (χ3n) is 3.15. The lowest BCUT2D eigenvalue weighted by Crippen LogP contribution is -2.20. The van der Waals surface area contributed by atoms with Crippen molar-refractivity contribution in [3.05, 3.63) is 48.7 Å². The Morgan fingerprint density at radius 1 is 1.18 bits per heavy atom. The summed E-state index contributed by atoms with van der Waals surface area (Å²) in [6.45, 7) is -0.0598. The number of benzene rings is 2. The number of carbonyl (C=O) groups is 1. The molecular formula is C16H15N3O3.